The topological polar surface area (TPSA) is 112 Å². The molecule has 38 heavy (non-hydrogen) atoms. The largest absolute Gasteiger partial charge is 0.479 e. The SMILES string of the molecule is [C-]#[N+]c1cc2c(c(OC)n1)[C@]1(O)[C@H](O)[C@H](CNCC(F)F)[C@@H](c3ccccc3)[C@]1(c1ccc(C#N)cc1)O2. The van der Waals surface area contributed by atoms with Gasteiger partial charge in [0.2, 0.25) is 0 Å². The molecule has 1 fully saturated rings. The van der Waals surface area contributed by atoms with Gasteiger partial charge in [0.25, 0.3) is 12.2 Å². The van der Waals surface area contributed by atoms with Crippen molar-refractivity contribution in [3.63, 3.8) is 0 Å². The van der Waals surface area contributed by atoms with Crippen LogP contribution in [-0.2, 0) is 11.2 Å². The Morgan fingerprint density at radius 1 is 1.24 bits per heavy atom. The van der Waals surface area contributed by atoms with Gasteiger partial charge in [0, 0.05) is 24.4 Å². The number of hydrogen-bond donors (Lipinski definition) is 3. The number of benzene rings is 2. The molecule has 2 heterocycles. The molecule has 2 aliphatic rings. The number of nitriles is 1. The zero-order valence-electron chi connectivity index (χ0n) is 20.3. The highest BCUT2D eigenvalue weighted by molar-refractivity contribution is 5.62. The average molecular weight is 519 g/mol. The molecule has 10 heteroatoms. The molecule has 0 spiro atoms. The number of alkyl halides is 2. The maximum absolute atomic E-state index is 13.0. The van der Waals surface area contributed by atoms with Gasteiger partial charge in [-0.2, -0.15) is 5.26 Å². The first-order valence-corrected chi connectivity index (χ1v) is 11.9. The third-order valence-corrected chi connectivity index (χ3v) is 7.44. The van der Waals surface area contributed by atoms with Gasteiger partial charge in [-0.1, -0.05) is 54.0 Å². The quantitative estimate of drug-likeness (QED) is 0.410. The lowest BCUT2D eigenvalue weighted by atomic mass is 9.70. The molecule has 3 aromatic rings. The first-order valence-electron chi connectivity index (χ1n) is 11.9. The first kappa shape index (κ1) is 25.6. The van der Waals surface area contributed by atoms with Crippen molar-refractivity contribution < 1.29 is 28.5 Å². The summed E-state index contributed by atoms with van der Waals surface area (Å²) in [4.78, 5) is 7.57. The number of halogens is 2. The molecule has 0 saturated heterocycles. The highest BCUT2D eigenvalue weighted by Crippen LogP contribution is 2.69. The van der Waals surface area contributed by atoms with E-state index < -0.39 is 42.1 Å². The number of aromatic nitrogens is 1. The number of hydrogen-bond acceptors (Lipinski definition) is 7. The van der Waals surface area contributed by atoms with E-state index >= 15 is 0 Å². The van der Waals surface area contributed by atoms with Crippen LogP contribution in [0, 0.1) is 23.8 Å². The predicted molar refractivity (Wildman–Crippen MR) is 132 cm³/mol. The van der Waals surface area contributed by atoms with Gasteiger partial charge < -0.3 is 29.8 Å². The number of rotatable bonds is 7. The second-order valence-corrected chi connectivity index (χ2v) is 9.31. The molecule has 0 amide bonds. The van der Waals surface area contributed by atoms with Gasteiger partial charge in [0.1, 0.15) is 11.3 Å². The summed E-state index contributed by atoms with van der Waals surface area (Å²) in [6, 6.07) is 18.9. The zero-order valence-corrected chi connectivity index (χ0v) is 20.3. The normalized spacial score (nSPS) is 27.2. The fourth-order valence-electron chi connectivity index (χ4n) is 6.00. The van der Waals surface area contributed by atoms with E-state index in [4.69, 9.17) is 16.0 Å². The van der Waals surface area contributed by atoms with Crippen LogP contribution in [0.1, 0.15) is 28.2 Å². The Hall–Kier alpha value is -4.09. The third kappa shape index (κ3) is 3.61. The first-order chi connectivity index (χ1) is 18.3. The van der Waals surface area contributed by atoms with Crippen LogP contribution < -0.4 is 14.8 Å². The van der Waals surface area contributed by atoms with Crippen LogP contribution in [0.2, 0.25) is 0 Å². The fourth-order valence-corrected chi connectivity index (χ4v) is 6.00. The van der Waals surface area contributed by atoms with Crippen LogP contribution in [0.15, 0.2) is 60.7 Å². The summed E-state index contributed by atoms with van der Waals surface area (Å²) >= 11 is 0. The van der Waals surface area contributed by atoms with E-state index in [1.54, 1.807) is 36.4 Å². The molecule has 2 aromatic carbocycles. The number of aliphatic hydroxyl groups is 2. The lowest BCUT2D eigenvalue weighted by Crippen LogP contribution is -2.52. The summed E-state index contributed by atoms with van der Waals surface area (Å²) in [6.45, 7) is 6.79. The van der Waals surface area contributed by atoms with E-state index in [-0.39, 0.29) is 29.6 Å². The Balaban J connectivity index is 1.81. The van der Waals surface area contributed by atoms with Crippen LogP contribution in [0.3, 0.4) is 0 Å². The number of nitrogens with one attached hydrogen (secondary N) is 1. The zero-order chi connectivity index (χ0) is 27.1. The molecule has 8 nitrogen and oxygen atoms in total. The van der Waals surface area contributed by atoms with Crippen LogP contribution in [0.25, 0.3) is 4.85 Å². The molecule has 0 radical (unpaired) electrons. The Kier molecular flexibility index (Phi) is 6.49. The molecular formula is C28H24F2N4O4. The van der Waals surface area contributed by atoms with E-state index in [1.165, 1.54) is 13.2 Å². The van der Waals surface area contributed by atoms with Gasteiger partial charge in [-0.3, -0.25) is 0 Å². The van der Waals surface area contributed by atoms with Crippen molar-refractivity contribution in [3.05, 3.63) is 94.3 Å². The molecule has 0 unspecified atom stereocenters. The van der Waals surface area contributed by atoms with E-state index in [9.17, 15) is 24.3 Å². The van der Waals surface area contributed by atoms with Crippen LogP contribution >= 0.6 is 0 Å². The molecule has 5 atom stereocenters. The van der Waals surface area contributed by atoms with E-state index in [0.29, 0.717) is 16.7 Å². The molecule has 3 N–H and O–H groups in total. The van der Waals surface area contributed by atoms with Crippen molar-refractivity contribution in [2.75, 3.05) is 20.2 Å². The van der Waals surface area contributed by atoms with E-state index in [1.807, 2.05) is 18.2 Å². The molecule has 1 aliphatic carbocycles. The molecular weight excluding hydrogens is 494 g/mol. The van der Waals surface area contributed by atoms with Crippen molar-refractivity contribution in [3.8, 4) is 17.7 Å². The van der Waals surface area contributed by atoms with Crippen molar-refractivity contribution >= 4 is 5.82 Å². The van der Waals surface area contributed by atoms with Gasteiger partial charge in [-0.15, -0.1) is 0 Å². The third-order valence-electron chi connectivity index (χ3n) is 7.44. The van der Waals surface area contributed by atoms with Gasteiger partial charge in [-0.25, -0.2) is 8.78 Å². The highest BCUT2D eigenvalue weighted by Gasteiger charge is 2.77. The average Bonchev–Trinajstić information content (AvgIpc) is 3.31. The summed E-state index contributed by atoms with van der Waals surface area (Å²) in [5.41, 5.74) is -2.25. The minimum absolute atomic E-state index is 0.0277. The molecule has 1 aromatic heterocycles. The van der Waals surface area contributed by atoms with Crippen molar-refractivity contribution in [1.29, 1.82) is 5.26 Å². The monoisotopic (exact) mass is 518 g/mol. The lowest BCUT2D eigenvalue weighted by molar-refractivity contribution is -0.152. The highest BCUT2D eigenvalue weighted by atomic mass is 19.3. The summed E-state index contributed by atoms with van der Waals surface area (Å²) in [7, 11) is 1.33. The summed E-state index contributed by atoms with van der Waals surface area (Å²) in [6.07, 6.45) is -4.13. The molecule has 5 rings (SSSR count). The number of methoxy groups -OCH3 is 1. The molecule has 0 bridgehead atoms. The number of fused-ring (bicyclic) bond motifs is 3. The van der Waals surface area contributed by atoms with Gasteiger partial charge in [0.05, 0.1) is 31.4 Å². The maximum Gasteiger partial charge on any atom is 0.319 e. The van der Waals surface area contributed by atoms with Gasteiger partial charge >= 0.3 is 5.88 Å². The van der Waals surface area contributed by atoms with Crippen LogP contribution in [0.5, 0.6) is 11.6 Å². The van der Waals surface area contributed by atoms with Crippen LogP contribution in [-0.4, -0.2) is 47.9 Å². The number of ether oxygens (including phenoxy) is 2. The van der Waals surface area contributed by atoms with E-state index in [0.717, 1.165) is 0 Å². The van der Waals surface area contributed by atoms with Gasteiger partial charge in [-0.05, 0) is 23.3 Å². The van der Waals surface area contributed by atoms with Crippen molar-refractivity contribution in [2.45, 2.75) is 29.6 Å². The fraction of sp³-hybridized carbons (Fsp3) is 0.321. The minimum Gasteiger partial charge on any atom is -0.479 e. The van der Waals surface area contributed by atoms with Crippen molar-refractivity contribution in [1.82, 2.24) is 10.3 Å². The van der Waals surface area contributed by atoms with Crippen LogP contribution in [0.4, 0.5) is 14.6 Å². The number of aliphatic hydroxyl groups excluding tert-OH is 1. The molecule has 1 aliphatic heterocycles. The Bertz CT molecular complexity index is 1420. The Labute approximate surface area is 217 Å². The maximum atomic E-state index is 13.0. The second-order valence-electron chi connectivity index (χ2n) is 9.31. The standard InChI is InChI=1S/C28H24F2N4O4/c1-32-22-12-20-24(26(34-22)37-2)27(36)25(35)19(14-33-15-21(29)30)23(17-6-4-3-5-7-17)28(27,38-20)18-10-8-16(13-31)9-11-18/h3-12,19,21,23,25,33,35-36H,14-15H2,2H3/t19-,23-,25-,27+,28+/m1/s1. The second kappa shape index (κ2) is 9.66. The van der Waals surface area contributed by atoms with Crippen molar-refractivity contribution in [2.24, 2.45) is 5.92 Å². The molecule has 1 saturated carbocycles. The Morgan fingerprint density at radius 3 is 2.55 bits per heavy atom. The number of nitrogens with zero attached hydrogens (tertiary/aromatic N) is 3. The minimum atomic E-state index is -2.60. The van der Waals surface area contributed by atoms with Gasteiger partial charge in [0.15, 0.2) is 11.2 Å². The lowest BCUT2D eigenvalue weighted by Gasteiger charge is -2.40. The summed E-state index contributed by atoms with van der Waals surface area (Å²) < 4.78 is 38.2. The predicted octanol–water partition coefficient (Wildman–Crippen LogP) is 3.62. The Morgan fingerprint density at radius 2 is 1.95 bits per heavy atom. The summed E-state index contributed by atoms with van der Waals surface area (Å²) in [5, 5.41) is 36.6. The summed E-state index contributed by atoms with van der Waals surface area (Å²) in [5.74, 6) is -1.54. The van der Waals surface area contributed by atoms with E-state index in [2.05, 4.69) is 21.2 Å². The smallest absolute Gasteiger partial charge is 0.319 e. The number of pyridine rings is 1. The molecule has 194 valence electrons.